The van der Waals surface area contributed by atoms with Gasteiger partial charge in [-0.1, -0.05) is 18.2 Å². The molecule has 9 nitrogen and oxygen atoms in total. The average molecular weight is 543 g/mol. The van der Waals surface area contributed by atoms with Crippen molar-refractivity contribution >= 4 is 29.6 Å². The largest absolute Gasteiger partial charge is 0.384 e. The molecule has 0 atom stereocenters. The van der Waals surface area contributed by atoms with Gasteiger partial charge in [-0.05, 0) is 92.0 Å². The second-order valence-corrected chi connectivity index (χ2v) is 10.6. The summed E-state index contributed by atoms with van der Waals surface area (Å²) in [6.45, 7) is 2.88. The van der Waals surface area contributed by atoms with Crippen LogP contribution in [0.1, 0.15) is 39.1 Å². The number of nitrogens with zero attached hydrogens (tertiary/aromatic N) is 4. The molecule has 40 heavy (non-hydrogen) atoms. The van der Waals surface area contributed by atoms with Crippen LogP contribution in [0.4, 0.5) is 11.5 Å². The molecule has 0 aliphatic carbocycles. The molecular weight excluding hydrogens is 504 g/mol. The zero-order valence-corrected chi connectivity index (χ0v) is 23.5. The number of carbonyl (C=O) groups excluding carboxylic acids is 3. The summed E-state index contributed by atoms with van der Waals surface area (Å²) >= 11 is 0. The summed E-state index contributed by atoms with van der Waals surface area (Å²) in [6, 6.07) is 16.4. The average Bonchev–Trinajstić information content (AvgIpc) is 2.96. The van der Waals surface area contributed by atoms with Crippen LogP contribution in [0.15, 0.2) is 60.8 Å². The SMILES string of the molecule is CN1CCC(CNC(=O)c2cccc(CN(CC=O)C(=O)c3ccc(-c4ccnc(N)c4)cc3N(C)C)c2)CC1. The Labute approximate surface area is 236 Å². The summed E-state index contributed by atoms with van der Waals surface area (Å²) in [6.07, 6.45) is 4.52. The highest BCUT2D eigenvalue weighted by molar-refractivity contribution is 6.01. The van der Waals surface area contributed by atoms with Crippen LogP contribution < -0.4 is 16.0 Å². The molecular formula is C31H38N6O3. The van der Waals surface area contributed by atoms with E-state index in [9.17, 15) is 14.4 Å². The molecule has 1 aliphatic heterocycles. The molecule has 0 unspecified atom stereocenters. The lowest BCUT2D eigenvalue weighted by Gasteiger charge is -2.29. The molecule has 3 aromatic rings. The van der Waals surface area contributed by atoms with Crippen molar-refractivity contribution in [1.82, 2.24) is 20.1 Å². The van der Waals surface area contributed by atoms with Crippen molar-refractivity contribution in [2.24, 2.45) is 5.92 Å². The zero-order chi connectivity index (χ0) is 28.6. The lowest BCUT2D eigenvalue weighted by Crippen LogP contribution is -2.37. The first-order valence-electron chi connectivity index (χ1n) is 13.6. The van der Waals surface area contributed by atoms with Gasteiger partial charge >= 0.3 is 0 Å². The molecule has 3 N–H and O–H groups in total. The van der Waals surface area contributed by atoms with Gasteiger partial charge in [0.25, 0.3) is 11.8 Å². The van der Waals surface area contributed by atoms with Gasteiger partial charge in [0, 0.05) is 44.6 Å². The summed E-state index contributed by atoms with van der Waals surface area (Å²) in [5, 5.41) is 3.07. The van der Waals surface area contributed by atoms with E-state index in [1.165, 1.54) is 4.90 Å². The van der Waals surface area contributed by atoms with Crippen LogP contribution in [0.25, 0.3) is 11.1 Å². The fraction of sp³-hybridized carbons (Fsp3) is 0.355. The number of rotatable bonds is 10. The van der Waals surface area contributed by atoms with E-state index in [1.54, 1.807) is 30.5 Å². The second kappa shape index (κ2) is 13.2. The normalized spacial score (nSPS) is 14.0. The van der Waals surface area contributed by atoms with Crippen molar-refractivity contribution in [1.29, 1.82) is 0 Å². The minimum absolute atomic E-state index is 0.0686. The lowest BCUT2D eigenvalue weighted by atomic mass is 9.97. The number of nitrogens with two attached hydrogens (primary N) is 1. The van der Waals surface area contributed by atoms with E-state index >= 15 is 0 Å². The lowest BCUT2D eigenvalue weighted by molar-refractivity contribution is -0.108. The predicted molar refractivity (Wildman–Crippen MR) is 158 cm³/mol. The van der Waals surface area contributed by atoms with E-state index in [-0.39, 0.29) is 24.9 Å². The minimum atomic E-state index is -0.270. The molecule has 210 valence electrons. The van der Waals surface area contributed by atoms with Crippen LogP contribution in [0.3, 0.4) is 0 Å². The molecule has 4 rings (SSSR count). The molecule has 2 heterocycles. The smallest absolute Gasteiger partial charge is 0.256 e. The highest BCUT2D eigenvalue weighted by Crippen LogP contribution is 2.29. The number of piperidine rings is 1. The number of hydrogen-bond acceptors (Lipinski definition) is 7. The number of hydrogen-bond donors (Lipinski definition) is 2. The van der Waals surface area contributed by atoms with Crippen LogP contribution in [0.5, 0.6) is 0 Å². The van der Waals surface area contributed by atoms with Crippen LogP contribution in [0, 0.1) is 5.92 Å². The van der Waals surface area contributed by atoms with Crippen LogP contribution >= 0.6 is 0 Å². The number of likely N-dealkylation sites (tertiary alicyclic amines) is 1. The molecule has 9 heteroatoms. The number of aromatic nitrogens is 1. The van der Waals surface area contributed by atoms with Gasteiger partial charge in [-0.25, -0.2) is 4.98 Å². The molecule has 1 aromatic heterocycles. The number of aldehydes is 1. The highest BCUT2D eigenvalue weighted by Gasteiger charge is 2.22. The Morgan fingerprint density at radius 1 is 1.07 bits per heavy atom. The fourth-order valence-electron chi connectivity index (χ4n) is 5.01. The zero-order valence-electron chi connectivity index (χ0n) is 23.5. The van der Waals surface area contributed by atoms with Crippen molar-refractivity contribution in [3.8, 4) is 11.1 Å². The van der Waals surface area contributed by atoms with Gasteiger partial charge in [0.15, 0.2) is 0 Å². The quantitative estimate of drug-likeness (QED) is 0.378. The second-order valence-electron chi connectivity index (χ2n) is 10.6. The van der Waals surface area contributed by atoms with Crippen molar-refractivity contribution in [3.63, 3.8) is 0 Å². The maximum absolute atomic E-state index is 13.7. The number of nitrogens with one attached hydrogen (secondary N) is 1. The molecule has 0 saturated carbocycles. The maximum Gasteiger partial charge on any atom is 0.256 e. The number of nitrogen functional groups attached to an aromatic ring is 1. The van der Waals surface area contributed by atoms with Crippen molar-refractivity contribution in [2.45, 2.75) is 19.4 Å². The van der Waals surface area contributed by atoms with Crippen molar-refractivity contribution in [2.75, 3.05) is 58.0 Å². The molecule has 2 aromatic carbocycles. The standard InChI is InChI=1S/C31H38N6O3/c1-35(2)28-18-24(25-9-12-33-29(32)19-25)7-8-27(28)31(40)37(15-16-38)21-23-5-4-6-26(17-23)30(39)34-20-22-10-13-36(3)14-11-22/h4-9,12,16-19,22H,10-11,13-15,20-21H2,1-3H3,(H2,32,33)(H,34,39). The molecule has 2 amide bonds. The van der Waals surface area contributed by atoms with E-state index in [2.05, 4.69) is 22.2 Å². The molecule has 0 radical (unpaired) electrons. The van der Waals surface area contributed by atoms with Gasteiger partial charge in [-0.15, -0.1) is 0 Å². The molecule has 1 fully saturated rings. The number of pyridine rings is 1. The summed E-state index contributed by atoms with van der Waals surface area (Å²) in [7, 11) is 5.86. The Balaban J connectivity index is 1.50. The number of anilines is 2. The Morgan fingerprint density at radius 2 is 1.82 bits per heavy atom. The summed E-state index contributed by atoms with van der Waals surface area (Å²) < 4.78 is 0. The topological polar surface area (TPSA) is 112 Å². The first-order valence-corrected chi connectivity index (χ1v) is 13.6. The van der Waals surface area contributed by atoms with E-state index in [0.717, 1.165) is 54.6 Å². The van der Waals surface area contributed by atoms with Gasteiger partial charge in [0.2, 0.25) is 0 Å². The van der Waals surface area contributed by atoms with E-state index < -0.39 is 0 Å². The molecule has 0 bridgehead atoms. The van der Waals surface area contributed by atoms with E-state index in [4.69, 9.17) is 5.73 Å². The van der Waals surface area contributed by atoms with Gasteiger partial charge in [0.05, 0.1) is 12.1 Å². The number of carbonyl (C=O) groups is 3. The van der Waals surface area contributed by atoms with Crippen molar-refractivity contribution < 1.29 is 14.4 Å². The summed E-state index contributed by atoms with van der Waals surface area (Å²) in [5.41, 5.74) is 10.2. The predicted octanol–water partition coefficient (Wildman–Crippen LogP) is 3.31. The Hall–Kier alpha value is -4.24. The molecule has 1 aliphatic rings. The van der Waals surface area contributed by atoms with Gasteiger partial charge in [0.1, 0.15) is 12.1 Å². The molecule has 0 spiro atoms. The van der Waals surface area contributed by atoms with Gasteiger partial charge in [-0.2, -0.15) is 0 Å². The first-order chi connectivity index (χ1) is 19.2. The molecule has 1 saturated heterocycles. The Morgan fingerprint density at radius 3 is 2.52 bits per heavy atom. The van der Waals surface area contributed by atoms with Crippen LogP contribution in [0.2, 0.25) is 0 Å². The van der Waals surface area contributed by atoms with E-state index in [0.29, 0.717) is 29.4 Å². The van der Waals surface area contributed by atoms with Crippen LogP contribution in [-0.4, -0.2) is 80.2 Å². The first kappa shape index (κ1) is 28.8. The fourth-order valence-corrected chi connectivity index (χ4v) is 5.01. The van der Waals surface area contributed by atoms with Crippen molar-refractivity contribution in [3.05, 3.63) is 77.5 Å². The third kappa shape index (κ3) is 7.24. The summed E-state index contributed by atoms with van der Waals surface area (Å²) in [4.78, 5) is 47.9. The minimum Gasteiger partial charge on any atom is -0.384 e. The van der Waals surface area contributed by atoms with Crippen LogP contribution in [-0.2, 0) is 11.3 Å². The van der Waals surface area contributed by atoms with Gasteiger partial charge < -0.3 is 30.5 Å². The Bertz CT molecular complexity index is 1350. The number of amides is 2. The third-order valence-electron chi connectivity index (χ3n) is 7.36. The Kier molecular flexibility index (Phi) is 9.50. The van der Waals surface area contributed by atoms with E-state index in [1.807, 2.05) is 49.3 Å². The summed E-state index contributed by atoms with van der Waals surface area (Å²) in [5.74, 6) is 0.501. The third-order valence-corrected chi connectivity index (χ3v) is 7.36. The monoisotopic (exact) mass is 542 g/mol. The highest BCUT2D eigenvalue weighted by atomic mass is 16.2. The number of benzene rings is 2. The maximum atomic E-state index is 13.7. The van der Waals surface area contributed by atoms with Gasteiger partial charge in [-0.3, -0.25) is 9.59 Å².